The molecule has 0 saturated heterocycles. The van der Waals surface area contributed by atoms with Gasteiger partial charge in [-0.3, -0.25) is 4.79 Å². The zero-order valence-electron chi connectivity index (χ0n) is 13.7. The van der Waals surface area contributed by atoms with E-state index in [2.05, 4.69) is 26.0 Å². The Morgan fingerprint density at radius 2 is 1.70 bits per heavy atom. The second kappa shape index (κ2) is 6.41. The third kappa shape index (κ3) is 3.53. The zero-order chi connectivity index (χ0) is 16.3. The summed E-state index contributed by atoms with van der Waals surface area (Å²) in [6, 6.07) is 19.7. The van der Waals surface area contributed by atoms with Crippen molar-refractivity contribution >= 4 is 16.8 Å². The van der Waals surface area contributed by atoms with Crippen molar-refractivity contribution in [3.8, 4) is 0 Å². The summed E-state index contributed by atoms with van der Waals surface area (Å²) in [5, 5.41) is 1.14. The molecule has 2 heteroatoms. The zero-order valence-corrected chi connectivity index (χ0v) is 13.7. The van der Waals surface area contributed by atoms with Crippen LogP contribution in [0.5, 0.6) is 0 Å². The minimum absolute atomic E-state index is 0.0734. The van der Waals surface area contributed by atoms with Crippen LogP contribution in [0.1, 0.15) is 49.2 Å². The van der Waals surface area contributed by atoms with E-state index in [-0.39, 0.29) is 11.2 Å². The number of carbonyl (C=O) groups is 1. The van der Waals surface area contributed by atoms with E-state index in [0.717, 1.165) is 35.1 Å². The number of Topliss-reactive ketones (excluding diaryl/α,β-unsaturated/α-hetero) is 1. The predicted octanol–water partition coefficient (Wildman–Crippen LogP) is 5.76. The fraction of sp³-hybridized carbons (Fsp3) is 0.286. The smallest absolute Gasteiger partial charge is 0.162 e. The van der Waals surface area contributed by atoms with Crippen LogP contribution in [0.2, 0.25) is 0 Å². The van der Waals surface area contributed by atoms with Crippen molar-refractivity contribution in [3.63, 3.8) is 0 Å². The second-order valence-corrected chi connectivity index (χ2v) is 6.68. The number of fused-ring (bicyclic) bond motifs is 1. The maximum Gasteiger partial charge on any atom is 0.162 e. The molecule has 0 aliphatic heterocycles. The highest BCUT2D eigenvalue weighted by atomic mass is 16.3. The van der Waals surface area contributed by atoms with Crippen LogP contribution >= 0.6 is 0 Å². The lowest BCUT2D eigenvalue weighted by Crippen LogP contribution is -2.16. The molecule has 2 nitrogen and oxygen atoms in total. The number of benzene rings is 2. The molecule has 0 aliphatic carbocycles. The Balaban J connectivity index is 1.63. The predicted molar refractivity (Wildman–Crippen MR) is 93.9 cm³/mol. The first-order valence-electron chi connectivity index (χ1n) is 8.13. The lowest BCUT2D eigenvalue weighted by atomic mass is 9.84. The van der Waals surface area contributed by atoms with Crippen molar-refractivity contribution in [2.24, 2.45) is 0 Å². The number of furan rings is 1. The van der Waals surface area contributed by atoms with Crippen LogP contribution in [-0.4, -0.2) is 5.78 Å². The third-order valence-electron chi connectivity index (χ3n) is 4.39. The third-order valence-corrected chi connectivity index (χ3v) is 4.39. The van der Waals surface area contributed by atoms with Crippen molar-refractivity contribution in [1.82, 2.24) is 0 Å². The molecule has 0 bridgehead atoms. The minimum atomic E-state index is -0.0734. The first kappa shape index (κ1) is 15.5. The Hall–Kier alpha value is -2.35. The lowest BCUT2D eigenvalue weighted by molar-refractivity contribution is 0.0977. The first-order chi connectivity index (χ1) is 11.1. The molecule has 2 aromatic carbocycles. The van der Waals surface area contributed by atoms with E-state index in [1.807, 2.05) is 48.5 Å². The molecular weight excluding hydrogens is 284 g/mol. The van der Waals surface area contributed by atoms with Gasteiger partial charge in [0, 0.05) is 22.8 Å². The largest absolute Gasteiger partial charge is 0.461 e. The Kier molecular flexibility index (Phi) is 4.33. The van der Waals surface area contributed by atoms with Gasteiger partial charge < -0.3 is 4.42 Å². The Morgan fingerprint density at radius 3 is 2.43 bits per heavy atom. The number of rotatable bonds is 6. The number of carbonyl (C=O) groups excluding carboxylic acids is 1. The monoisotopic (exact) mass is 306 g/mol. The molecule has 0 aliphatic rings. The van der Waals surface area contributed by atoms with E-state index >= 15 is 0 Å². The maximum absolute atomic E-state index is 12.2. The van der Waals surface area contributed by atoms with Gasteiger partial charge in [-0.25, -0.2) is 0 Å². The fourth-order valence-corrected chi connectivity index (χ4v) is 2.90. The van der Waals surface area contributed by atoms with E-state index in [0.29, 0.717) is 6.42 Å². The quantitative estimate of drug-likeness (QED) is 0.542. The lowest BCUT2D eigenvalue weighted by Gasteiger charge is -2.21. The average molecular weight is 306 g/mol. The van der Waals surface area contributed by atoms with Gasteiger partial charge in [0.25, 0.3) is 0 Å². The molecule has 0 amide bonds. The van der Waals surface area contributed by atoms with Crippen molar-refractivity contribution in [2.45, 2.75) is 38.5 Å². The summed E-state index contributed by atoms with van der Waals surface area (Å²) in [5.41, 5.74) is 1.65. The van der Waals surface area contributed by atoms with Gasteiger partial charge in [0.15, 0.2) is 5.78 Å². The van der Waals surface area contributed by atoms with Gasteiger partial charge in [-0.15, -0.1) is 0 Å². The van der Waals surface area contributed by atoms with Gasteiger partial charge in [0.2, 0.25) is 0 Å². The summed E-state index contributed by atoms with van der Waals surface area (Å²) in [5.74, 6) is 1.21. The molecule has 0 spiro atoms. The number of ketones is 1. The molecule has 0 radical (unpaired) electrons. The Morgan fingerprint density at radius 1 is 1.00 bits per heavy atom. The summed E-state index contributed by atoms with van der Waals surface area (Å²) < 4.78 is 5.99. The highest BCUT2D eigenvalue weighted by Crippen LogP contribution is 2.33. The Bertz CT molecular complexity index is 764. The molecule has 1 aromatic heterocycles. The normalized spacial score (nSPS) is 11.7. The highest BCUT2D eigenvalue weighted by Gasteiger charge is 2.25. The summed E-state index contributed by atoms with van der Waals surface area (Å²) in [4.78, 5) is 12.2. The highest BCUT2D eigenvalue weighted by molar-refractivity contribution is 5.95. The van der Waals surface area contributed by atoms with Gasteiger partial charge in [-0.1, -0.05) is 62.4 Å². The summed E-state index contributed by atoms with van der Waals surface area (Å²) in [6.45, 7) is 4.36. The molecule has 118 valence electrons. The summed E-state index contributed by atoms with van der Waals surface area (Å²) >= 11 is 0. The second-order valence-electron chi connectivity index (χ2n) is 6.68. The molecular formula is C21H22O2. The average Bonchev–Trinajstić information content (AvgIpc) is 3.00. The van der Waals surface area contributed by atoms with Crippen LogP contribution in [0.15, 0.2) is 65.1 Å². The number of hydrogen-bond acceptors (Lipinski definition) is 2. The number of para-hydroxylation sites is 1. The van der Waals surface area contributed by atoms with Gasteiger partial charge in [-0.05, 0) is 25.0 Å². The fourth-order valence-electron chi connectivity index (χ4n) is 2.90. The van der Waals surface area contributed by atoms with Crippen LogP contribution in [-0.2, 0) is 5.41 Å². The van der Waals surface area contributed by atoms with Crippen molar-refractivity contribution in [2.75, 3.05) is 0 Å². The van der Waals surface area contributed by atoms with Crippen LogP contribution in [0.25, 0.3) is 11.0 Å². The molecule has 3 aromatic rings. The van der Waals surface area contributed by atoms with Crippen LogP contribution < -0.4 is 0 Å². The van der Waals surface area contributed by atoms with E-state index < -0.39 is 0 Å². The molecule has 0 atom stereocenters. The van der Waals surface area contributed by atoms with Crippen molar-refractivity contribution in [3.05, 3.63) is 72.0 Å². The van der Waals surface area contributed by atoms with Crippen LogP contribution in [0.3, 0.4) is 0 Å². The van der Waals surface area contributed by atoms with Crippen LogP contribution in [0, 0.1) is 0 Å². The summed E-state index contributed by atoms with van der Waals surface area (Å²) in [6.07, 6.45) is 2.36. The minimum Gasteiger partial charge on any atom is -0.461 e. The molecule has 0 fully saturated rings. The molecule has 0 unspecified atom stereocenters. The first-order valence-corrected chi connectivity index (χ1v) is 8.13. The topological polar surface area (TPSA) is 30.2 Å². The molecule has 3 rings (SSSR count). The van der Waals surface area contributed by atoms with Gasteiger partial charge in [-0.2, -0.15) is 0 Å². The Labute approximate surface area is 137 Å². The van der Waals surface area contributed by atoms with Crippen LogP contribution in [0.4, 0.5) is 0 Å². The molecule has 0 saturated carbocycles. The molecule has 0 N–H and O–H groups in total. The van der Waals surface area contributed by atoms with E-state index in [1.165, 1.54) is 0 Å². The summed E-state index contributed by atoms with van der Waals surface area (Å²) in [7, 11) is 0. The van der Waals surface area contributed by atoms with Gasteiger partial charge in [0.05, 0.1) is 0 Å². The van der Waals surface area contributed by atoms with Crippen molar-refractivity contribution < 1.29 is 9.21 Å². The molecule has 1 heterocycles. The molecule has 23 heavy (non-hydrogen) atoms. The number of hydrogen-bond donors (Lipinski definition) is 0. The van der Waals surface area contributed by atoms with E-state index in [9.17, 15) is 4.79 Å². The van der Waals surface area contributed by atoms with Gasteiger partial charge >= 0.3 is 0 Å². The van der Waals surface area contributed by atoms with E-state index in [1.54, 1.807) is 0 Å². The SMILES string of the molecule is CC(C)(CCCC(=O)c1ccccc1)c1cc2ccccc2o1. The maximum atomic E-state index is 12.2. The van der Waals surface area contributed by atoms with Gasteiger partial charge in [0.1, 0.15) is 11.3 Å². The standard InChI is InChI=1S/C21H22O2/c1-21(2,20-15-17-11-6-7-13-19(17)23-20)14-8-12-18(22)16-9-4-3-5-10-16/h3-7,9-11,13,15H,8,12,14H2,1-2H3. The van der Waals surface area contributed by atoms with E-state index in [4.69, 9.17) is 4.42 Å². The van der Waals surface area contributed by atoms with Crippen molar-refractivity contribution in [1.29, 1.82) is 0 Å².